The molecule has 0 bridgehead atoms. The van der Waals surface area contributed by atoms with Crippen LogP contribution in [0.15, 0.2) is 36.4 Å². The number of pyridine rings is 1. The molecule has 1 amide bonds. The number of hydrogen-bond donors (Lipinski definition) is 2. The highest BCUT2D eigenvalue weighted by Crippen LogP contribution is 2.23. The van der Waals surface area contributed by atoms with E-state index in [-0.39, 0.29) is 11.9 Å². The Bertz CT molecular complexity index is 641. The summed E-state index contributed by atoms with van der Waals surface area (Å²) in [6.07, 6.45) is 4.49. The van der Waals surface area contributed by atoms with Gasteiger partial charge >= 0.3 is 0 Å². The summed E-state index contributed by atoms with van der Waals surface area (Å²) in [5, 5.41) is 4.17. The van der Waals surface area contributed by atoms with E-state index in [9.17, 15) is 4.79 Å². The van der Waals surface area contributed by atoms with Crippen LogP contribution in [0.2, 0.25) is 0 Å². The fraction of sp³-hybridized carbons (Fsp3) is 0.412. The lowest BCUT2D eigenvalue weighted by Crippen LogP contribution is -2.44. The summed E-state index contributed by atoms with van der Waals surface area (Å²) in [7, 11) is 0. The van der Waals surface area contributed by atoms with Gasteiger partial charge in [-0.2, -0.15) is 0 Å². The summed E-state index contributed by atoms with van der Waals surface area (Å²) >= 11 is 0. The van der Waals surface area contributed by atoms with Gasteiger partial charge in [0.05, 0.1) is 5.52 Å². The van der Waals surface area contributed by atoms with Gasteiger partial charge in [0.1, 0.15) is 5.69 Å². The normalized spacial score (nSPS) is 22.1. The lowest BCUT2D eigenvalue weighted by molar-refractivity contribution is 0.0903. The lowest BCUT2D eigenvalue weighted by Gasteiger charge is -2.31. The molecule has 3 N–H and O–H groups in total. The van der Waals surface area contributed by atoms with Crippen molar-refractivity contribution in [3.8, 4) is 0 Å². The van der Waals surface area contributed by atoms with Gasteiger partial charge in [-0.3, -0.25) is 4.79 Å². The van der Waals surface area contributed by atoms with E-state index in [4.69, 9.17) is 5.73 Å². The summed E-state index contributed by atoms with van der Waals surface area (Å²) in [6, 6.07) is 11.7. The van der Waals surface area contributed by atoms with Crippen LogP contribution in [0.1, 0.15) is 36.2 Å². The second-order valence-electron chi connectivity index (χ2n) is 5.75. The van der Waals surface area contributed by atoms with E-state index >= 15 is 0 Å². The fourth-order valence-corrected chi connectivity index (χ4v) is 3.11. The molecule has 4 heteroatoms. The predicted octanol–water partition coefficient (Wildman–Crippen LogP) is 2.48. The minimum absolute atomic E-state index is 0.0916. The Morgan fingerprint density at radius 1 is 1.19 bits per heavy atom. The maximum Gasteiger partial charge on any atom is 0.270 e. The van der Waals surface area contributed by atoms with Crippen molar-refractivity contribution in [2.24, 2.45) is 11.7 Å². The Balaban J connectivity index is 1.76. The molecular formula is C17H21N3O. The molecule has 1 aliphatic rings. The summed E-state index contributed by atoms with van der Waals surface area (Å²) in [4.78, 5) is 16.9. The van der Waals surface area contributed by atoms with Gasteiger partial charge in [-0.1, -0.05) is 37.1 Å². The molecular weight excluding hydrogens is 262 g/mol. The van der Waals surface area contributed by atoms with E-state index < -0.39 is 0 Å². The summed E-state index contributed by atoms with van der Waals surface area (Å²) < 4.78 is 0. The minimum atomic E-state index is -0.0916. The number of rotatable bonds is 3. The third kappa shape index (κ3) is 3.05. The van der Waals surface area contributed by atoms with Crippen LogP contribution in [0.4, 0.5) is 0 Å². The first-order valence-electron chi connectivity index (χ1n) is 7.64. The van der Waals surface area contributed by atoms with Crippen LogP contribution in [0.3, 0.4) is 0 Å². The molecule has 1 fully saturated rings. The highest BCUT2D eigenvalue weighted by atomic mass is 16.1. The standard InChI is InChI=1S/C17H21N3O/c18-11-13-6-2-4-8-15(13)20-17(21)16-10-9-12-5-1-3-7-14(12)19-16/h1,3,5,7,9-10,13,15H,2,4,6,8,11,18H2,(H,20,21). The number of para-hydroxylation sites is 1. The van der Waals surface area contributed by atoms with Gasteiger partial charge < -0.3 is 11.1 Å². The topological polar surface area (TPSA) is 68.0 Å². The second kappa shape index (κ2) is 6.22. The largest absolute Gasteiger partial charge is 0.348 e. The molecule has 2 aromatic rings. The molecule has 4 nitrogen and oxygen atoms in total. The number of nitrogens with two attached hydrogens (primary N) is 1. The molecule has 0 saturated heterocycles. The van der Waals surface area contributed by atoms with Crippen LogP contribution >= 0.6 is 0 Å². The van der Waals surface area contributed by atoms with E-state index in [0.29, 0.717) is 18.2 Å². The fourth-order valence-electron chi connectivity index (χ4n) is 3.11. The van der Waals surface area contributed by atoms with Crippen molar-refractivity contribution < 1.29 is 4.79 Å². The number of nitrogens with one attached hydrogen (secondary N) is 1. The SMILES string of the molecule is NCC1CCCCC1NC(=O)c1ccc2ccccc2n1. The molecule has 1 aliphatic carbocycles. The zero-order chi connectivity index (χ0) is 14.7. The average molecular weight is 283 g/mol. The smallest absolute Gasteiger partial charge is 0.270 e. The second-order valence-corrected chi connectivity index (χ2v) is 5.75. The number of amides is 1. The van der Waals surface area contributed by atoms with Crippen molar-refractivity contribution in [1.29, 1.82) is 0 Å². The number of aromatic nitrogens is 1. The van der Waals surface area contributed by atoms with Crippen LogP contribution in [0.25, 0.3) is 10.9 Å². The first-order valence-corrected chi connectivity index (χ1v) is 7.64. The molecule has 21 heavy (non-hydrogen) atoms. The van der Waals surface area contributed by atoms with Crippen LogP contribution in [-0.2, 0) is 0 Å². The Kier molecular flexibility index (Phi) is 4.15. The van der Waals surface area contributed by atoms with E-state index in [1.165, 1.54) is 6.42 Å². The number of carbonyl (C=O) groups is 1. The highest BCUT2D eigenvalue weighted by Gasteiger charge is 2.25. The first-order chi connectivity index (χ1) is 10.3. The number of nitrogens with zero attached hydrogens (tertiary/aromatic N) is 1. The zero-order valence-electron chi connectivity index (χ0n) is 12.1. The van der Waals surface area contributed by atoms with Gasteiger partial charge in [0.2, 0.25) is 0 Å². The Hall–Kier alpha value is -1.94. The number of benzene rings is 1. The third-order valence-electron chi connectivity index (χ3n) is 4.36. The van der Waals surface area contributed by atoms with Crippen molar-refractivity contribution >= 4 is 16.8 Å². The number of fused-ring (bicyclic) bond motifs is 1. The first kappa shape index (κ1) is 14.0. The van der Waals surface area contributed by atoms with E-state index in [2.05, 4.69) is 10.3 Å². The summed E-state index contributed by atoms with van der Waals surface area (Å²) in [6.45, 7) is 0.635. The van der Waals surface area contributed by atoms with Gasteiger partial charge in [0.25, 0.3) is 5.91 Å². The van der Waals surface area contributed by atoms with Crippen LogP contribution in [-0.4, -0.2) is 23.5 Å². The molecule has 0 spiro atoms. The molecule has 1 heterocycles. The highest BCUT2D eigenvalue weighted by molar-refractivity contribution is 5.95. The maximum atomic E-state index is 12.4. The van der Waals surface area contributed by atoms with Gasteiger partial charge in [-0.25, -0.2) is 4.98 Å². The van der Waals surface area contributed by atoms with Crippen LogP contribution in [0.5, 0.6) is 0 Å². The monoisotopic (exact) mass is 283 g/mol. The van der Waals surface area contributed by atoms with E-state index in [0.717, 1.165) is 30.2 Å². The minimum Gasteiger partial charge on any atom is -0.348 e. The van der Waals surface area contributed by atoms with Crippen molar-refractivity contribution in [3.05, 3.63) is 42.1 Å². The Morgan fingerprint density at radius 2 is 2.00 bits per heavy atom. The Morgan fingerprint density at radius 3 is 2.86 bits per heavy atom. The van der Waals surface area contributed by atoms with Crippen LogP contribution in [0, 0.1) is 5.92 Å². The molecule has 3 rings (SSSR count). The molecule has 110 valence electrons. The Labute approximate surface area is 124 Å². The van der Waals surface area contributed by atoms with Gasteiger partial charge in [-0.05, 0) is 37.4 Å². The molecule has 1 aromatic heterocycles. The predicted molar refractivity (Wildman–Crippen MR) is 84.0 cm³/mol. The van der Waals surface area contributed by atoms with E-state index in [1.807, 2.05) is 30.3 Å². The lowest BCUT2D eigenvalue weighted by atomic mass is 9.84. The maximum absolute atomic E-state index is 12.4. The number of hydrogen-bond acceptors (Lipinski definition) is 3. The average Bonchev–Trinajstić information content (AvgIpc) is 2.55. The van der Waals surface area contributed by atoms with E-state index in [1.54, 1.807) is 6.07 Å². The van der Waals surface area contributed by atoms with Crippen molar-refractivity contribution in [2.75, 3.05) is 6.54 Å². The molecule has 1 aromatic carbocycles. The van der Waals surface area contributed by atoms with Gasteiger partial charge in [0.15, 0.2) is 0 Å². The van der Waals surface area contributed by atoms with Crippen molar-refractivity contribution in [2.45, 2.75) is 31.7 Å². The van der Waals surface area contributed by atoms with Gasteiger partial charge in [0, 0.05) is 11.4 Å². The molecule has 1 saturated carbocycles. The summed E-state index contributed by atoms with van der Waals surface area (Å²) in [5.74, 6) is 0.300. The number of carbonyl (C=O) groups excluding carboxylic acids is 1. The molecule has 0 radical (unpaired) electrons. The third-order valence-corrected chi connectivity index (χ3v) is 4.36. The quantitative estimate of drug-likeness (QED) is 0.909. The zero-order valence-corrected chi connectivity index (χ0v) is 12.1. The molecule has 2 unspecified atom stereocenters. The van der Waals surface area contributed by atoms with Gasteiger partial charge in [-0.15, -0.1) is 0 Å². The summed E-state index contributed by atoms with van der Waals surface area (Å²) in [5.41, 5.74) is 7.15. The van der Waals surface area contributed by atoms with Crippen molar-refractivity contribution in [1.82, 2.24) is 10.3 Å². The molecule has 2 atom stereocenters. The van der Waals surface area contributed by atoms with Crippen LogP contribution < -0.4 is 11.1 Å². The van der Waals surface area contributed by atoms with Crippen molar-refractivity contribution in [3.63, 3.8) is 0 Å². The molecule has 0 aliphatic heterocycles.